The Morgan fingerprint density at radius 2 is 2.03 bits per heavy atom. The van der Waals surface area contributed by atoms with Crippen LogP contribution in [0.5, 0.6) is 0 Å². The van der Waals surface area contributed by atoms with Gasteiger partial charge < -0.3 is 15.2 Å². The lowest BCUT2D eigenvalue weighted by Gasteiger charge is -2.13. The number of hydrogen-bond donors (Lipinski definition) is 2. The maximum Gasteiger partial charge on any atom is 0.416 e. The van der Waals surface area contributed by atoms with E-state index in [1.54, 1.807) is 18.5 Å². The number of hydrogen-bond acceptors (Lipinski definition) is 5. The minimum atomic E-state index is -4.46. The molecule has 4 rings (SSSR count). The lowest BCUT2D eigenvalue weighted by molar-refractivity contribution is -0.137. The Kier molecular flexibility index (Phi) is 5.39. The average molecular weight is 416 g/mol. The minimum absolute atomic E-state index is 0.176. The zero-order valence-electron chi connectivity index (χ0n) is 15.9. The van der Waals surface area contributed by atoms with Gasteiger partial charge in [-0.05, 0) is 43.2 Å². The zero-order chi connectivity index (χ0) is 21.1. The standard InChI is InChI=1S/C20H19F3N6O/c21-20(22,23)13-3-1-4-14(11-13)27-18-16(5-2-9-24-18)19(30)25-10-8-17-28-26-12-29(17)15-6-7-15/h1-5,9,11-12,15H,6-8,10H2,(H,24,27)(H,25,30). The molecule has 0 unspecified atom stereocenters. The Hall–Kier alpha value is -3.43. The maximum atomic E-state index is 12.9. The van der Waals surface area contributed by atoms with Crippen LogP contribution in [0.15, 0.2) is 48.9 Å². The van der Waals surface area contributed by atoms with Crippen molar-refractivity contribution in [1.82, 2.24) is 25.1 Å². The summed E-state index contributed by atoms with van der Waals surface area (Å²) in [7, 11) is 0. The molecule has 0 radical (unpaired) electrons. The third-order valence-corrected chi connectivity index (χ3v) is 4.73. The molecule has 0 spiro atoms. The highest BCUT2D eigenvalue weighted by molar-refractivity contribution is 5.99. The Labute approximate surface area is 170 Å². The molecular weight excluding hydrogens is 397 g/mol. The lowest BCUT2D eigenvalue weighted by Crippen LogP contribution is -2.27. The van der Waals surface area contributed by atoms with Gasteiger partial charge in [-0.3, -0.25) is 4.79 Å². The molecular formula is C20H19F3N6O. The van der Waals surface area contributed by atoms with Crippen molar-refractivity contribution in [3.05, 3.63) is 65.9 Å². The second-order valence-electron chi connectivity index (χ2n) is 6.99. The van der Waals surface area contributed by atoms with Crippen molar-refractivity contribution in [3.63, 3.8) is 0 Å². The summed E-state index contributed by atoms with van der Waals surface area (Å²) >= 11 is 0. The van der Waals surface area contributed by atoms with Crippen molar-refractivity contribution in [1.29, 1.82) is 0 Å². The third-order valence-electron chi connectivity index (χ3n) is 4.73. The predicted molar refractivity (Wildman–Crippen MR) is 103 cm³/mol. The molecule has 156 valence electrons. The number of pyridine rings is 1. The van der Waals surface area contributed by atoms with Crippen LogP contribution in [0, 0.1) is 0 Å². The van der Waals surface area contributed by atoms with E-state index in [9.17, 15) is 18.0 Å². The first-order chi connectivity index (χ1) is 14.4. The molecule has 1 aliphatic rings. The van der Waals surface area contributed by atoms with Gasteiger partial charge in [0.2, 0.25) is 0 Å². The van der Waals surface area contributed by atoms with E-state index in [0.717, 1.165) is 30.8 Å². The van der Waals surface area contributed by atoms with Crippen LogP contribution in [-0.4, -0.2) is 32.2 Å². The summed E-state index contributed by atoms with van der Waals surface area (Å²) in [5.41, 5.74) is -0.358. The lowest BCUT2D eigenvalue weighted by atomic mass is 10.2. The van der Waals surface area contributed by atoms with Crippen LogP contribution in [0.1, 0.15) is 40.6 Å². The molecule has 1 amide bonds. The van der Waals surface area contributed by atoms with E-state index in [2.05, 4.69) is 25.8 Å². The van der Waals surface area contributed by atoms with Gasteiger partial charge in [0.1, 0.15) is 18.0 Å². The van der Waals surface area contributed by atoms with Crippen LogP contribution in [0.4, 0.5) is 24.7 Å². The fourth-order valence-electron chi connectivity index (χ4n) is 3.08. The van der Waals surface area contributed by atoms with E-state index in [1.165, 1.54) is 18.3 Å². The molecule has 2 heterocycles. The van der Waals surface area contributed by atoms with Gasteiger partial charge in [0.15, 0.2) is 0 Å². The summed E-state index contributed by atoms with van der Waals surface area (Å²) in [5, 5.41) is 13.6. The quantitative estimate of drug-likeness (QED) is 0.613. The van der Waals surface area contributed by atoms with Gasteiger partial charge in [0, 0.05) is 30.9 Å². The Morgan fingerprint density at radius 1 is 1.20 bits per heavy atom. The highest BCUT2D eigenvalue weighted by Gasteiger charge is 2.30. The summed E-state index contributed by atoms with van der Waals surface area (Å²) in [6.07, 6.45) is 1.45. The minimum Gasteiger partial charge on any atom is -0.351 e. The van der Waals surface area contributed by atoms with Gasteiger partial charge in [0.25, 0.3) is 5.91 Å². The van der Waals surface area contributed by atoms with E-state index in [0.29, 0.717) is 19.0 Å². The molecule has 0 atom stereocenters. The van der Waals surface area contributed by atoms with E-state index >= 15 is 0 Å². The van der Waals surface area contributed by atoms with Crippen molar-refractivity contribution in [2.45, 2.75) is 31.5 Å². The van der Waals surface area contributed by atoms with E-state index in [-0.39, 0.29) is 23.0 Å². The predicted octanol–water partition coefficient (Wildman–Crippen LogP) is 3.74. The first-order valence-corrected chi connectivity index (χ1v) is 9.47. The molecule has 0 saturated heterocycles. The Morgan fingerprint density at radius 3 is 2.80 bits per heavy atom. The van der Waals surface area contributed by atoms with Gasteiger partial charge in [-0.15, -0.1) is 10.2 Å². The zero-order valence-corrected chi connectivity index (χ0v) is 15.9. The largest absolute Gasteiger partial charge is 0.416 e. The van der Waals surface area contributed by atoms with Gasteiger partial charge in [0.05, 0.1) is 11.1 Å². The molecule has 30 heavy (non-hydrogen) atoms. The average Bonchev–Trinajstić information content (AvgIpc) is 3.46. The van der Waals surface area contributed by atoms with Crippen molar-refractivity contribution < 1.29 is 18.0 Å². The molecule has 1 fully saturated rings. The second kappa shape index (κ2) is 8.13. The molecule has 10 heteroatoms. The molecule has 1 aromatic carbocycles. The number of carbonyl (C=O) groups is 1. The highest BCUT2D eigenvalue weighted by atomic mass is 19.4. The number of anilines is 2. The van der Waals surface area contributed by atoms with Gasteiger partial charge in [-0.25, -0.2) is 4.98 Å². The number of benzene rings is 1. The van der Waals surface area contributed by atoms with Crippen LogP contribution < -0.4 is 10.6 Å². The number of amides is 1. The first-order valence-electron chi connectivity index (χ1n) is 9.47. The van der Waals surface area contributed by atoms with Gasteiger partial charge in [-0.2, -0.15) is 13.2 Å². The number of alkyl halides is 3. The highest BCUT2D eigenvalue weighted by Crippen LogP contribution is 2.35. The Bertz CT molecular complexity index is 1040. The van der Waals surface area contributed by atoms with Crippen molar-refractivity contribution in [2.75, 3.05) is 11.9 Å². The van der Waals surface area contributed by atoms with Crippen LogP contribution in [0.25, 0.3) is 0 Å². The molecule has 0 bridgehead atoms. The maximum absolute atomic E-state index is 12.9. The number of carbonyl (C=O) groups excluding carboxylic acids is 1. The molecule has 2 aromatic heterocycles. The monoisotopic (exact) mass is 416 g/mol. The normalized spacial score (nSPS) is 13.8. The molecule has 1 saturated carbocycles. The van der Waals surface area contributed by atoms with E-state index in [4.69, 9.17) is 0 Å². The number of halogens is 3. The number of nitrogens with one attached hydrogen (secondary N) is 2. The summed E-state index contributed by atoms with van der Waals surface area (Å²) in [4.78, 5) is 16.7. The van der Waals surface area contributed by atoms with Crippen LogP contribution in [-0.2, 0) is 12.6 Å². The molecule has 3 aromatic rings. The molecule has 0 aliphatic heterocycles. The first kappa shape index (κ1) is 19.9. The summed E-state index contributed by atoms with van der Waals surface area (Å²) in [5.74, 6) is 0.608. The fraction of sp³-hybridized carbons (Fsp3) is 0.300. The molecule has 1 aliphatic carbocycles. The van der Waals surface area contributed by atoms with Crippen molar-refractivity contribution in [3.8, 4) is 0 Å². The van der Waals surface area contributed by atoms with Crippen molar-refractivity contribution >= 4 is 17.4 Å². The summed E-state index contributed by atoms with van der Waals surface area (Å²) < 4.78 is 40.8. The Balaban J connectivity index is 1.42. The summed E-state index contributed by atoms with van der Waals surface area (Å²) in [6.45, 7) is 0.349. The van der Waals surface area contributed by atoms with Crippen LogP contribution in [0.3, 0.4) is 0 Å². The topological polar surface area (TPSA) is 84.7 Å². The second-order valence-corrected chi connectivity index (χ2v) is 6.99. The van der Waals surface area contributed by atoms with Crippen LogP contribution in [0.2, 0.25) is 0 Å². The molecule has 2 N–H and O–H groups in total. The van der Waals surface area contributed by atoms with E-state index < -0.39 is 11.7 Å². The van der Waals surface area contributed by atoms with Crippen molar-refractivity contribution in [2.24, 2.45) is 0 Å². The number of nitrogens with zero attached hydrogens (tertiary/aromatic N) is 4. The van der Waals surface area contributed by atoms with Gasteiger partial charge in [-0.1, -0.05) is 6.07 Å². The van der Waals surface area contributed by atoms with Gasteiger partial charge >= 0.3 is 6.18 Å². The fourth-order valence-corrected chi connectivity index (χ4v) is 3.08. The summed E-state index contributed by atoms with van der Waals surface area (Å²) in [6, 6.07) is 8.34. The third kappa shape index (κ3) is 4.58. The number of aromatic nitrogens is 4. The van der Waals surface area contributed by atoms with E-state index in [1.807, 2.05) is 4.57 Å². The smallest absolute Gasteiger partial charge is 0.351 e. The number of rotatable bonds is 7. The van der Waals surface area contributed by atoms with Crippen LogP contribution >= 0.6 is 0 Å². The SMILES string of the molecule is O=C(NCCc1nncn1C1CC1)c1cccnc1Nc1cccc(C(F)(F)F)c1. The molecule has 7 nitrogen and oxygen atoms in total.